The fraction of sp³-hybridized carbons (Fsp3) is 0.292. The van der Waals surface area contributed by atoms with Crippen LogP contribution in [0.15, 0.2) is 60.0 Å². The number of fused-ring (bicyclic) bond motifs is 1. The Balaban J connectivity index is 1.70. The molecule has 0 radical (unpaired) electrons. The van der Waals surface area contributed by atoms with E-state index in [0.717, 1.165) is 35.5 Å². The minimum atomic E-state index is -0.0396. The molecular formula is C24H27N3OS. The van der Waals surface area contributed by atoms with E-state index < -0.39 is 0 Å². The number of nitrogens with zero attached hydrogens (tertiary/aromatic N) is 3. The molecule has 4 rings (SSSR count). The van der Waals surface area contributed by atoms with Crippen molar-refractivity contribution in [1.29, 1.82) is 0 Å². The predicted octanol–water partition coefficient (Wildman–Crippen LogP) is 4.67. The van der Waals surface area contributed by atoms with Crippen molar-refractivity contribution in [3.05, 3.63) is 81.5 Å². The van der Waals surface area contributed by atoms with E-state index in [1.807, 2.05) is 62.3 Å². The molecule has 0 saturated carbocycles. The molecule has 5 heteroatoms. The van der Waals surface area contributed by atoms with E-state index in [1.54, 1.807) is 11.3 Å². The molecule has 3 aromatic rings. The molecule has 0 bridgehead atoms. The lowest BCUT2D eigenvalue weighted by Gasteiger charge is -2.36. The Morgan fingerprint density at radius 2 is 1.48 bits per heavy atom. The van der Waals surface area contributed by atoms with E-state index in [4.69, 9.17) is 0 Å². The van der Waals surface area contributed by atoms with Gasteiger partial charge in [0, 0.05) is 56.6 Å². The molecule has 1 aliphatic heterocycles. The molecular weight excluding hydrogens is 378 g/mol. The minimum absolute atomic E-state index is 0.0396. The summed E-state index contributed by atoms with van der Waals surface area (Å²) in [6.45, 7) is 0.738. The van der Waals surface area contributed by atoms with Crippen molar-refractivity contribution >= 4 is 28.6 Å². The van der Waals surface area contributed by atoms with Crippen molar-refractivity contribution in [1.82, 2.24) is 4.90 Å². The molecule has 2 aromatic carbocycles. The smallest absolute Gasteiger partial charge is 0.254 e. The second-order valence-corrected chi connectivity index (χ2v) is 8.88. The lowest BCUT2D eigenvalue weighted by Crippen LogP contribution is -2.40. The molecule has 4 nitrogen and oxygen atoms in total. The number of carbonyl (C=O) groups is 1. The molecule has 0 saturated heterocycles. The van der Waals surface area contributed by atoms with Gasteiger partial charge >= 0.3 is 0 Å². The highest BCUT2D eigenvalue weighted by atomic mass is 32.1. The number of carbonyl (C=O) groups excluding carboxylic acids is 1. The molecule has 1 aromatic heterocycles. The average Bonchev–Trinajstić information content (AvgIpc) is 3.21. The summed E-state index contributed by atoms with van der Waals surface area (Å²) in [5.41, 5.74) is 5.41. The largest absolute Gasteiger partial charge is 0.378 e. The van der Waals surface area contributed by atoms with Gasteiger partial charge in [0.2, 0.25) is 0 Å². The highest BCUT2D eigenvalue weighted by molar-refractivity contribution is 7.10. The van der Waals surface area contributed by atoms with Crippen LogP contribution in [0.25, 0.3) is 0 Å². The normalized spacial score (nSPS) is 15.7. The van der Waals surface area contributed by atoms with Crippen molar-refractivity contribution < 1.29 is 4.79 Å². The average molecular weight is 406 g/mol. The monoisotopic (exact) mass is 405 g/mol. The lowest BCUT2D eigenvalue weighted by molar-refractivity contribution is 0.0696. The van der Waals surface area contributed by atoms with Crippen molar-refractivity contribution in [2.45, 2.75) is 12.5 Å². The van der Waals surface area contributed by atoms with Crippen LogP contribution in [0, 0.1) is 0 Å². The predicted molar refractivity (Wildman–Crippen MR) is 122 cm³/mol. The van der Waals surface area contributed by atoms with E-state index in [-0.39, 0.29) is 11.9 Å². The van der Waals surface area contributed by atoms with Gasteiger partial charge in [-0.15, -0.1) is 11.3 Å². The summed E-state index contributed by atoms with van der Waals surface area (Å²) < 4.78 is 0. The summed E-state index contributed by atoms with van der Waals surface area (Å²) in [6, 6.07) is 18.6. The quantitative estimate of drug-likeness (QED) is 0.631. The summed E-state index contributed by atoms with van der Waals surface area (Å²) >= 11 is 1.79. The Morgan fingerprint density at radius 1 is 0.897 bits per heavy atom. The number of anilines is 2. The van der Waals surface area contributed by atoms with Crippen LogP contribution in [-0.4, -0.2) is 45.5 Å². The first kappa shape index (κ1) is 19.5. The number of hydrogen-bond acceptors (Lipinski definition) is 4. The summed E-state index contributed by atoms with van der Waals surface area (Å²) in [5, 5.41) is 2.14. The summed E-state index contributed by atoms with van der Waals surface area (Å²) in [7, 11) is 8.10. The van der Waals surface area contributed by atoms with Gasteiger partial charge in [0.1, 0.15) is 0 Å². The van der Waals surface area contributed by atoms with Crippen LogP contribution < -0.4 is 9.80 Å². The molecule has 1 amide bonds. The first-order chi connectivity index (χ1) is 14.0. The molecule has 29 heavy (non-hydrogen) atoms. The minimum Gasteiger partial charge on any atom is -0.378 e. The van der Waals surface area contributed by atoms with Gasteiger partial charge in [0.05, 0.1) is 6.04 Å². The molecule has 0 spiro atoms. The van der Waals surface area contributed by atoms with E-state index in [0.29, 0.717) is 0 Å². The zero-order chi connectivity index (χ0) is 20.5. The van der Waals surface area contributed by atoms with Gasteiger partial charge in [-0.1, -0.05) is 12.1 Å². The van der Waals surface area contributed by atoms with E-state index in [2.05, 4.69) is 40.6 Å². The first-order valence-electron chi connectivity index (χ1n) is 9.87. The summed E-state index contributed by atoms with van der Waals surface area (Å²) in [6.07, 6.45) is 0.917. The van der Waals surface area contributed by atoms with E-state index in [1.165, 1.54) is 10.4 Å². The molecule has 1 atom stereocenters. The SMILES string of the molecule is CN(C)c1ccc(C(=O)N2CCc3sccc3C2c2ccc(N(C)C)cc2)cc1. The maximum atomic E-state index is 13.5. The second kappa shape index (κ2) is 7.91. The Labute approximate surface area is 177 Å². The summed E-state index contributed by atoms with van der Waals surface area (Å²) in [5.74, 6) is 0.0915. The van der Waals surface area contributed by atoms with E-state index in [9.17, 15) is 4.79 Å². The zero-order valence-corrected chi connectivity index (χ0v) is 18.2. The maximum Gasteiger partial charge on any atom is 0.254 e. The molecule has 0 N–H and O–H groups in total. The molecule has 150 valence electrons. The Bertz CT molecular complexity index is 990. The number of amides is 1. The third kappa shape index (κ3) is 3.75. The van der Waals surface area contributed by atoms with Gasteiger partial charge < -0.3 is 14.7 Å². The van der Waals surface area contributed by atoms with E-state index >= 15 is 0 Å². The molecule has 2 heterocycles. The molecule has 1 unspecified atom stereocenters. The summed E-state index contributed by atoms with van der Waals surface area (Å²) in [4.78, 5) is 21.0. The van der Waals surface area contributed by atoms with Gasteiger partial charge in [-0.3, -0.25) is 4.79 Å². The Morgan fingerprint density at radius 3 is 2.07 bits per heavy atom. The topological polar surface area (TPSA) is 26.8 Å². The van der Waals surface area contributed by atoms with Gasteiger partial charge in [-0.05, 0) is 65.4 Å². The fourth-order valence-electron chi connectivity index (χ4n) is 3.92. The second-order valence-electron chi connectivity index (χ2n) is 7.88. The van der Waals surface area contributed by atoms with Crippen LogP contribution in [0.4, 0.5) is 11.4 Å². The molecule has 1 aliphatic rings. The van der Waals surface area contributed by atoms with Gasteiger partial charge in [-0.2, -0.15) is 0 Å². The first-order valence-corrected chi connectivity index (χ1v) is 10.8. The highest BCUT2D eigenvalue weighted by Crippen LogP contribution is 2.39. The molecule has 0 fully saturated rings. The number of thiophene rings is 1. The number of hydrogen-bond donors (Lipinski definition) is 0. The number of rotatable bonds is 4. The van der Waals surface area contributed by atoms with Crippen LogP contribution in [0.1, 0.15) is 32.4 Å². The maximum absolute atomic E-state index is 13.5. The third-order valence-corrected chi connectivity index (χ3v) is 6.58. The van der Waals surface area contributed by atoms with Crippen LogP contribution in [-0.2, 0) is 6.42 Å². The van der Waals surface area contributed by atoms with Crippen molar-refractivity contribution in [2.75, 3.05) is 44.5 Å². The van der Waals surface area contributed by atoms with Crippen LogP contribution >= 0.6 is 11.3 Å². The van der Waals surface area contributed by atoms with Crippen LogP contribution in [0.2, 0.25) is 0 Å². The standard InChI is InChI=1S/C24H27N3OS/c1-25(2)19-9-5-17(6-10-19)23-21-14-16-29-22(21)13-15-27(23)24(28)18-7-11-20(12-8-18)26(3)4/h5-12,14,16,23H,13,15H2,1-4H3. The van der Waals surface area contributed by atoms with Crippen LogP contribution in [0.3, 0.4) is 0 Å². The van der Waals surface area contributed by atoms with Gasteiger partial charge in [0.25, 0.3) is 5.91 Å². The van der Waals surface area contributed by atoms with Gasteiger partial charge in [-0.25, -0.2) is 0 Å². The van der Waals surface area contributed by atoms with Crippen molar-refractivity contribution in [3.8, 4) is 0 Å². The zero-order valence-electron chi connectivity index (χ0n) is 17.4. The number of benzene rings is 2. The molecule has 0 aliphatic carbocycles. The third-order valence-electron chi connectivity index (χ3n) is 5.58. The lowest BCUT2D eigenvalue weighted by atomic mass is 9.92. The Kier molecular flexibility index (Phi) is 5.33. The van der Waals surface area contributed by atoms with Crippen LogP contribution in [0.5, 0.6) is 0 Å². The highest BCUT2D eigenvalue weighted by Gasteiger charge is 2.33. The van der Waals surface area contributed by atoms with Crippen molar-refractivity contribution in [3.63, 3.8) is 0 Å². The van der Waals surface area contributed by atoms with Gasteiger partial charge in [0.15, 0.2) is 0 Å². The van der Waals surface area contributed by atoms with Crippen molar-refractivity contribution in [2.24, 2.45) is 0 Å². The fourth-order valence-corrected chi connectivity index (χ4v) is 4.82. The Hall–Kier alpha value is -2.79.